The molecule has 1 N–H and O–H groups in total. The monoisotopic (exact) mass is 413 g/mol. The molecule has 7 nitrogen and oxygen atoms in total. The summed E-state index contributed by atoms with van der Waals surface area (Å²) in [6.45, 7) is 8.13. The Balaban J connectivity index is 1.83. The number of fused-ring (bicyclic) bond motifs is 1. The minimum atomic E-state index is -0.711. The fourth-order valence-electron chi connectivity index (χ4n) is 3.44. The van der Waals surface area contributed by atoms with E-state index in [9.17, 15) is 14.0 Å². The molecular formula is C21H25F2N7. The van der Waals surface area contributed by atoms with Crippen LogP contribution in [-0.4, -0.2) is 44.1 Å². The van der Waals surface area contributed by atoms with Crippen LogP contribution in [0, 0.1) is 23.0 Å². The summed E-state index contributed by atoms with van der Waals surface area (Å²) in [5, 5.41) is 12.2. The lowest BCUT2D eigenvalue weighted by atomic mass is 10.3. The second-order valence-electron chi connectivity index (χ2n) is 7.10. The lowest BCUT2D eigenvalue weighted by molar-refractivity contribution is 0.266. The third-order valence-electron chi connectivity index (χ3n) is 4.64. The molecule has 0 amide bonds. The Bertz CT molecular complexity index is 1020. The van der Waals surface area contributed by atoms with Gasteiger partial charge in [0.05, 0.1) is 6.33 Å². The maximum Gasteiger partial charge on any atom is 0.236 e. The van der Waals surface area contributed by atoms with Gasteiger partial charge in [0.25, 0.3) is 0 Å². The second kappa shape index (κ2) is 10.1. The van der Waals surface area contributed by atoms with E-state index in [1.807, 2.05) is 10.6 Å². The molecule has 0 atom stereocenters. The molecular weight excluding hydrogens is 388 g/mol. The van der Waals surface area contributed by atoms with Crippen LogP contribution in [0.4, 0.5) is 20.3 Å². The molecule has 9 heteroatoms. The van der Waals surface area contributed by atoms with Gasteiger partial charge in [-0.1, -0.05) is 13.8 Å². The molecule has 1 aromatic carbocycles. The normalized spacial score (nSPS) is 11.2. The average molecular weight is 413 g/mol. The summed E-state index contributed by atoms with van der Waals surface area (Å²) in [5.74, 6) is -1.23. The fourth-order valence-corrected chi connectivity index (χ4v) is 3.44. The van der Waals surface area contributed by atoms with Crippen molar-refractivity contribution in [2.24, 2.45) is 0 Å². The number of nitriles is 1. The van der Waals surface area contributed by atoms with E-state index in [0.717, 1.165) is 57.1 Å². The molecule has 0 spiro atoms. The van der Waals surface area contributed by atoms with Crippen LogP contribution in [-0.2, 0) is 6.54 Å². The van der Waals surface area contributed by atoms with E-state index in [4.69, 9.17) is 0 Å². The quantitative estimate of drug-likeness (QED) is 0.536. The van der Waals surface area contributed by atoms with Gasteiger partial charge in [-0.15, -0.1) is 0 Å². The molecule has 2 aromatic heterocycles. The minimum absolute atomic E-state index is 0.0396. The SMILES string of the molecule is CCCN(CCC)CCCn1cnc2c(Nc3cc(F)cc(F)c3)nc(C#N)nc21. The van der Waals surface area contributed by atoms with Crippen molar-refractivity contribution in [3.8, 4) is 6.07 Å². The maximum atomic E-state index is 13.5. The third kappa shape index (κ3) is 5.27. The summed E-state index contributed by atoms with van der Waals surface area (Å²) in [6, 6.07) is 5.02. The molecule has 0 radical (unpaired) electrons. The first-order valence-electron chi connectivity index (χ1n) is 10.1. The van der Waals surface area contributed by atoms with Crippen molar-refractivity contribution < 1.29 is 8.78 Å². The number of hydrogen-bond donors (Lipinski definition) is 1. The van der Waals surface area contributed by atoms with Crippen LogP contribution in [0.3, 0.4) is 0 Å². The molecule has 0 aliphatic carbocycles. The molecule has 158 valence electrons. The van der Waals surface area contributed by atoms with Crippen LogP contribution >= 0.6 is 0 Å². The first kappa shape index (κ1) is 21.6. The van der Waals surface area contributed by atoms with Gasteiger partial charge in [-0.05, 0) is 51.0 Å². The highest BCUT2D eigenvalue weighted by atomic mass is 19.1. The van der Waals surface area contributed by atoms with Gasteiger partial charge in [-0.2, -0.15) is 15.2 Å². The third-order valence-corrected chi connectivity index (χ3v) is 4.64. The van der Waals surface area contributed by atoms with Crippen LogP contribution in [0.25, 0.3) is 11.2 Å². The molecule has 30 heavy (non-hydrogen) atoms. The Labute approximate surface area is 174 Å². The summed E-state index contributed by atoms with van der Waals surface area (Å²) in [7, 11) is 0. The first-order chi connectivity index (χ1) is 14.5. The number of aryl methyl sites for hydroxylation is 1. The maximum absolute atomic E-state index is 13.5. The lowest BCUT2D eigenvalue weighted by Crippen LogP contribution is -2.27. The average Bonchev–Trinajstić information content (AvgIpc) is 3.10. The Hall–Kier alpha value is -3.12. The fraction of sp³-hybridized carbons (Fsp3) is 0.429. The van der Waals surface area contributed by atoms with Crippen LogP contribution in [0.15, 0.2) is 24.5 Å². The van der Waals surface area contributed by atoms with E-state index in [-0.39, 0.29) is 17.3 Å². The number of anilines is 2. The molecule has 3 rings (SSSR count). The zero-order valence-corrected chi connectivity index (χ0v) is 17.2. The number of hydrogen-bond acceptors (Lipinski definition) is 6. The summed E-state index contributed by atoms with van der Waals surface area (Å²) >= 11 is 0. The number of imidazole rings is 1. The van der Waals surface area contributed by atoms with Gasteiger partial charge >= 0.3 is 0 Å². The van der Waals surface area contributed by atoms with E-state index >= 15 is 0 Å². The lowest BCUT2D eigenvalue weighted by Gasteiger charge is -2.20. The Morgan fingerprint density at radius 1 is 1.07 bits per heavy atom. The van der Waals surface area contributed by atoms with E-state index in [1.54, 1.807) is 6.33 Å². The molecule has 0 fully saturated rings. The van der Waals surface area contributed by atoms with Crippen LogP contribution < -0.4 is 5.32 Å². The van der Waals surface area contributed by atoms with Crippen LogP contribution in [0.1, 0.15) is 38.9 Å². The number of halogens is 2. The minimum Gasteiger partial charge on any atom is -0.338 e. The molecule has 0 saturated carbocycles. The highest BCUT2D eigenvalue weighted by Crippen LogP contribution is 2.24. The molecule has 0 aliphatic heterocycles. The van der Waals surface area contributed by atoms with Gasteiger partial charge in [-0.3, -0.25) is 0 Å². The predicted molar refractivity (Wildman–Crippen MR) is 111 cm³/mol. The summed E-state index contributed by atoms with van der Waals surface area (Å²) in [4.78, 5) is 15.2. The van der Waals surface area contributed by atoms with E-state index in [2.05, 4.69) is 39.0 Å². The number of aromatic nitrogens is 4. The van der Waals surface area contributed by atoms with Crippen molar-refractivity contribution in [1.29, 1.82) is 5.26 Å². The summed E-state index contributed by atoms with van der Waals surface area (Å²) < 4.78 is 28.9. The van der Waals surface area contributed by atoms with Gasteiger partial charge in [0, 0.05) is 18.3 Å². The number of benzene rings is 1. The van der Waals surface area contributed by atoms with Crippen molar-refractivity contribution in [3.63, 3.8) is 0 Å². The zero-order chi connectivity index (χ0) is 21.5. The van der Waals surface area contributed by atoms with Crippen LogP contribution in [0.2, 0.25) is 0 Å². The Morgan fingerprint density at radius 2 is 1.77 bits per heavy atom. The molecule has 0 unspecified atom stereocenters. The Kier molecular flexibility index (Phi) is 7.25. The first-order valence-corrected chi connectivity index (χ1v) is 10.1. The molecule has 3 aromatic rings. The van der Waals surface area contributed by atoms with Crippen molar-refractivity contribution in [3.05, 3.63) is 42.0 Å². The van der Waals surface area contributed by atoms with Crippen molar-refractivity contribution in [2.45, 2.75) is 39.7 Å². The molecule has 0 bridgehead atoms. The van der Waals surface area contributed by atoms with Gasteiger partial charge in [0.2, 0.25) is 5.82 Å². The summed E-state index contributed by atoms with van der Waals surface area (Å²) in [5.41, 5.74) is 1.14. The molecule has 0 aliphatic rings. The van der Waals surface area contributed by atoms with Gasteiger partial charge in [0.15, 0.2) is 17.0 Å². The van der Waals surface area contributed by atoms with Crippen molar-refractivity contribution in [1.82, 2.24) is 24.4 Å². The topological polar surface area (TPSA) is 82.7 Å². The van der Waals surface area contributed by atoms with Crippen molar-refractivity contribution in [2.75, 3.05) is 25.0 Å². The largest absolute Gasteiger partial charge is 0.338 e. The highest BCUT2D eigenvalue weighted by molar-refractivity contribution is 5.85. The van der Waals surface area contributed by atoms with E-state index in [1.165, 1.54) is 0 Å². The second-order valence-corrected chi connectivity index (χ2v) is 7.10. The van der Waals surface area contributed by atoms with Gasteiger partial charge < -0.3 is 14.8 Å². The van der Waals surface area contributed by atoms with E-state index < -0.39 is 11.6 Å². The standard InChI is InChI=1S/C21H25F2N7/c1-3-6-29(7-4-2)8-5-9-30-14-25-19-20(27-18(13-24)28-21(19)30)26-17-11-15(22)10-16(23)12-17/h10-12,14H,3-9H2,1-2H3,(H,26,27,28). The molecule has 0 saturated heterocycles. The smallest absolute Gasteiger partial charge is 0.236 e. The van der Waals surface area contributed by atoms with Crippen molar-refractivity contribution >= 4 is 22.7 Å². The number of rotatable bonds is 10. The number of nitrogens with one attached hydrogen (secondary N) is 1. The van der Waals surface area contributed by atoms with Gasteiger partial charge in [-0.25, -0.2) is 13.8 Å². The van der Waals surface area contributed by atoms with Crippen LogP contribution in [0.5, 0.6) is 0 Å². The number of nitrogens with zero attached hydrogens (tertiary/aromatic N) is 6. The van der Waals surface area contributed by atoms with E-state index in [0.29, 0.717) is 17.7 Å². The predicted octanol–water partition coefficient (Wildman–Crippen LogP) is 4.23. The zero-order valence-electron chi connectivity index (χ0n) is 17.2. The molecule has 2 heterocycles. The highest BCUT2D eigenvalue weighted by Gasteiger charge is 2.14. The Morgan fingerprint density at radius 3 is 2.40 bits per heavy atom. The van der Waals surface area contributed by atoms with Gasteiger partial charge in [0.1, 0.15) is 17.7 Å². The summed E-state index contributed by atoms with van der Waals surface area (Å²) in [6.07, 6.45) is 4.79.